The van der Waals surface area contributed by atoms with Crippen molar-refractivity contribution < 1.29 is 19.4 Å². The predicted molar refractivity (Wildman–Crippen MR) is 202 cm³/mol. The fourth-order valence-electron chi connectivity index (χ4n) is 7.03. The molecule has 2 fully saturated rings. The molecule has 0 radical (unpaired) electrons. The molecule has 4 heterocycles. The Morgan fingerprint density at radius 1 is 1.02 bits per heavy atom. The maximum absolute atomic E-state index is 11.5. The number of hydrogen-bond acceptors (Lipinski definition) is 9. The summed E-state index contributed by atoms with van der Waals surface area (Å²) in [5.74, 6) is 0.720. The highest BCUT2D eigenvalue weighted by atomic mass is 35.5. The maximum Gasteiger partial charge on any atom is 0.306 e. The van der Waals surface area contributed by atoms with Gasteiger partial charge >= 0.3 is 5.97 Å². The van der Waals surface area contributed by atoms with Crippen LogP contribution in [0.3, 0.4) is 0 Å². The van der Waals surface area contributed by atoms with Crippen molar-refractivity contribution in [2.24, 2.45) is 11.8 Å². The Labute approximate surface area is 310 Å². The van der Waals surface area contributed by atoms with Crippen LogP contribution < -0.4 is 20.7 Å². The Balaban J connectivity index is 1.08. The molecular weight excluding hydrogens is 707 g/mol. The Bertz CT molecular complexity index is 2090. The van der Waals surface area contributed by atoms with Crippen LogP contribution in [0.1, 0.15) is 49.1 Å². The van der Waals surface area contributed by atoms with Crippen LogP contribution in [0.5, 0.6) is 5.88 Å². The normalized spacial score (nSPS) is 18.6. The number of hydrogen-bond donors (Lipinski definition) is 4. The average molecular weight is 746 g/mol. The largest absolute Gasteiger partial charge is 0.481 e. The lowest BCUT2D eigenvalue weighted by Gasteiger charge is -2.16. The van der Waals surface area contributed by atoms with E-state index in [1.165, 1.54) is 0 Å². The van der Waals surface area contributed by atoms with Crippen LogP contribution in [0.4, 0.5) is 11.5 Å². The fraction of sp³-hybridized carbons (Fsp3) is 0.342. The van der Waals surface area contributed by atoms with Crippen molar-refractivity contribution in [1.82, 2.24) is 25.6 Å². The number of nitrogens with zero attached hydrogens (tertiary/aromatic N) is 3. The molecule has 264 valence electrons. The number of thiazole rings is 1. The molecule has 5 aromatic rings. The summed E-state index contributed by atoms with van der Waals surface area (Å²) in [5, 5.41) is 21.2. The number of benzene rings is 2. The number of aryl methyl sites for hydroxylation is 1. The molecule has 1 aliphatic carbocycles. The van der Waals surface area contributed by atoms with Gasteiger partial charge in [-0.25, -0.2) is 15.0 Å². The molecule has 1 aliphatic heterocycles. The standard InChI is InChI=1S/C38H38Cl2N6O4S/c1-50-37-23(19-41-20-24-12-14-31(47)43-24)11-13-28(45-37)27-6-2-4-25(33(27)39)26-5-3-7-29(34(26)40)44-36-35-30(16-17-42-36)51-32(46-35)15-9-21-8-10-22(18-21)38(48)49/h2-7,11,13,16-17,21-22,24,41H,8-10,12,14-15,18-20H2,1H3,(H,42,44)(H,43,47)(H,48,49). The number of ether oxygens (including phenoxy) is 1. The quantitative estimate of drug-likeness (QED) is 0.0938. The first kappa shape index (κ1) is 35.1. The second kappa shape index (κ2) is 15.5. The molecular formula is C38H38Cl2N6O4S. The summed E-state index contributed by atoms with van der Waals surface area (Å²) in [4.78, 5) is 37.2. The first-order chi connectivity index (χ1) is 24.8. The lowest BCUT2D eigenvalue weighted by Crippen LogP contribution is -2.35. The summed E-state index contributed by atoms with van der Waals surface area (Å²) in [7, 11) is 1.60. The molecule has 3 aromatic heterocycles. The van der Waals surface area contributed by atoms with Gasteiger partial charge in [-0.3, -0.25) is 9.59 Å². The lowest BCUT2D eigenvalue weighted by molar-refractivity contribution is -0.141. The zero-order valence-corrected chi connectivity index (χ0v) is 30.4. The Morgan fingerprint density at radius 2 is 1.82 bits per heavy atom. The van der Waals surface area contributed by atoms with Gasteiger partial charge in [0.25, 0.3) is 0 Å². The minimum Gasteiger partial charge on any atom is -0.481 e. The second-order valence-corrected chi connectivity index (χ2v) is 15.0. The summed E-state index contributed by atoms with van der Waals surface area (Å²) in [6.45, 7) is 1.22. The van der Waals surface area contributed by atoms with Gasteiger partial charge in [0.15, 0.2) is 5.82 Å². The minimum atomic E-state index is -0.682. The first-order valence-electron chi connectivity index (χ1n) is 17.1. The zero-order valence-electron chi connectivity index (χ0n) is 28.0. The summed E-state index contributed by atoms with van der Waals surface area (Å²) in [6, 6.07) is 17.5. The van der Waals surface area contributed by atoms with E-state index >= 15 is 0 Å². The van der Waals surface area contributed by atoms with Crippen LogP contribution in [0.25, 0.3) is 32.6 Å². The number of amides is 1. The van der Waals surface area contributed by atoms with Gasteiger partial charge in [0.05, 0.1) is 44.2 Å². The maximum atomic E-state index is 11.5. The number of carboxylic acids is 1. The van der Waals surface area contributed by atoms with Gasteiger partial charge in [0, 0.05) is 54.0 Å². The average Bonchev–Trinajstić information content (AvgIpc) is 3.89. The van der Waals surface area contributed by atoms with Gasteiger partial charge in [0.2, 0.25) is 11.8 Å². The molecule has 3 atom stereocenters. The van der Waals surface area contributed by atoms with Crippen LogP contribution in [0.2, 0.25) is 10.0 Å². The van der Waals surface area contributed by atoms with E-state index in [0.717, 1.165) is 76.0 Å². The number of anilines is 2. The van der Waals surface area contributed by atoms with Gasteiger partial charge in [-0.1, -0.05) is 59.6 Å². The molecule has 3 unspecified atom stereocenters. The van der Waals surface area contributed by atoms with E-state index in [-0.39, 0.29) is 17.9 Å². The molecule has 2 aromatic carbocycles. The number of halogens is 2. The van der Waals surface area contributed by atoms with E-state index in [2.05, 4.69) is 20.9 Å². The number of pyridine rings is 2. The predicted octanol–water partition coefficient (Wildman–Crippen LogP) is 8.28. The van der Waals surface area contributed by atoms with Crippen molar-refractivity contribution >= 4 is 68.1 Å². The van der Waals surface area contributed by atoms with Crippen LogP contribution in [-0.2, 0) is 22.6 Å². The van der Waals surface area contributed by atoms with E-state index in [9.17, 15) is 14.7 Å². The van der Waals surface area contributed by atoms with Crippen molar-refractivity contribution in [1.29, 1.82) is 0 Å². The topological polar surface area (TPSA) is 138 Å². The van der Waals surface area contributed by atoms with Gasteiger partial charge in [-0.15, -0.1) is 11.3 Å². The van der Waals surface area contributed by atoms with Crippen molar-refractivity contribution in [3.05, 3.63) is 81.4 Å². The van der Waals surface area contributed by atoms with Gasteiger partial charge in [-0.05, 0) is 62.6 Å². The fourth-order valence-corrected chi connectivity index (χ4v) is 8.61. The molecule has 10 nitrogen and oxygen atoms in total. The second-order valence-electron chi connectivity index (χ2n) is 13.1. The van der Waals surface area contributed by atoms with Crippen molar-refractivity contribution in [2.45, 2.75) is 57.5 Å². The van der Waals surface area contributed by atoms with E-state index < -0.39 is 5.97 Å². The molecule has 4 N–H and O–H groups in total. The molecule has 2 aliphatic rings. The lowest BCUT2D eigenvalue weighted by atomic mass is 10.00. The number of fused-ring (bicyclic) bond motifs is 1. The highest BCUT2D eigenvalue weighted by Gasteiger charge is 2.29. The van der Waals surface area contributed by atoms with Gasteiger partial charge in [-0.2, -0.15) is 0 Å². The van der Waals surface area contributed by atoms with E-state index in [4.69, 9.17) is 37.9 Å². The first-order valence-corrected chi connectivity index (χ1v) is 18.7. The molecule has 1 amide bonds. The summed E-state index contributed by atoms with van der Waals surface area (Å²) >= 11 is 15.8. The molecule has 1 saturated heterocycles. The third-order valence-electron chi connectivity index (χ3n) is 9.75. The Hall–Kier alpha value is -4.29. The van der Waals surface area contributed by atoms with Crippen molar-refractivity contribution in [3.63, 3.8) is 0 Å². The van der Waals surface area contributed by atoms with Gasteiger partial charge < -0.3 is 25.8 Å². The number of aromatic nitrogens is 3. The SMILES string of the molecule is COc1nc(-c2cccc(-c3cccc(Nc4nccc5sc(CCC6CCC(C(=O)O)C6)nc45)c3Cl)c2Cl)ccc1CNCC1CCC(=O)N1. The zero-order chi connectivity index (χ0) is 35.5. The number of carboxylic acid groups (broad SMARTS) is 1. The minimum absolute atomic E-state index is 0.0965. The number of rotatable bonds is 13. The van der Waals surface area contributed by atoms with E-state index in [1.54, 1.807) is 24.6 Å². The van der Waals surface area contributed by atoms with Crippen LogP contribution in [0, 0.1) is 11.8 Å². The monoisotopic (exact) mass is 744 g/mol. The third-order valence-corrected chi connectivity index (χ3v) is 11.6. The number of aliphatic carboxylic acids is 1. The van der Waals surface area contributed by atoms with Crippen molar-refractivity contribution in [2.75, 3.05) is 19.0 Å². The molecule has 7 rings (SSSR count). The Morgan fingerprint density at radius 3 is 2.59 bits per heavy atom. The summed E-state index contributed by atoms with van der Waals surface area (Å²) in [5.41, 5.74) is 5.27. The summed E-state index contributed by atoms with van der Waals surface area (Å²) < 4.78 is 6.67. The number of methoxy groups -OCH3 is 1. The number of carbonyl (C=O) groups is 2. The van der Waals surface area contributed by atoms with Gasteiger partial charge in [0.1, 0.15) is 5.52 Å². The highest BCUT2D eigenvalue weighted by Crippen LogP contribution is 2.42. The molecule has 13 heteroatoms. The van der Waals surface area contributed by atoms with E-state index in [0.29, 0.717) is 58.6 Å². The Kier molecular flexibility index (Phi) is 10.7. The summed E-state index contributed by atoms with van der Waals surface area (Å²) in [6.07, 6.45) is 7.36. The van der Waals surface area contributed by atoms with Crippen LogP contribution >= 0.6 is 34.5 Å². The molecule has 1 saturated carbocycles. The molecule has 51 heavy (non-hydrogen) atoms. The van der Waals surface area contributed by atoms with Crippen molar-refractivity contribution in [3.8, 4) is 28.3 Å². The molecule has 0 spiro atoms. The number of carbonyl (C=O) groups excluding carboxylic acids is 1. The smallest absolute Gasteiger partial charge is 0.306 e. The highest BCUT2D eigenvalue weighted by molar-refractivity contribution is 7.18. The number of nitrogens with one attached hydrogen (secondary N) is 3. The molecule has 0 bridgehead atoms. The van der Waals surface area contributed by atoms with Crippen LogP contribution in [-0.4, -0.2) is 51.6 Å². The van der Waals surface area contributed by atoms with E-state index in [1.807, 2.05) is 54.6 Å². The third kappa shape index (κ3) is 7.82. The van der Waals surface area contributed by atoms with Crippen LogP contribution in [0.15, 0.2) is 60.8 Å².